The van der Waals surface area contributed by atoms with Gasteiger partial charge in [-0.1, -0.05) is 81.4 Å². The summed E-state index contributed by atoms with van der Waals surface area (Å²) < 4.78 is 79.8. The molecule has 0 aliphatic carbocycles. The smallest absolute Gasteiger partial charge is 0.413 e. The third-order valence-corrected chi connectivity index (χ3v) is 12.7. The van der Waals surface area contributed by atoms with Crippen molar-refractivity contribution in [2.24, 2.45) is 5.41 Å². The van der Waals surface area contributed by atoms with Gasteiger partial charge in [-0.3, -0.25) is 4.79 Å². The zero-order valence-corrected chi connectivity index (χ0v) is 32.4. The summed E-state index contributed by atoms with van der Waals surface area (Å²) in [6.45, 7) is 5.02. The summed E-state index contributed by atoms with van der Waals surface area (Å²) >= 11 is 1.89. The highest BCUT2D eigenvalue weighted by molar-refractivity contribution is 7.89. The SMILES string of the molecule is COC(=O)N[C@H](C(=O)N[C@H](c1ccc([C@@H](CO)N(CCC(C)(C)C)S(=O)(=O)c2ccc3ncsc3c2)s1)C(F)(F)F)C(c1ccccc1)c1ccccc1. The van der Waals surface area contributed by atoms with Gasteiger partial charge < -0.3 is 20.5 Å². The first-order valence-corrected chi connectivity index (χ1v) is 20.0. The molecule has 5 rings (SSSR count). The van der Waals surface area contributed by atoms with Crippen molar-refractivity contribution in [3.05, 3.63) is 117 Å². The Bertz CT molecular complexity index is 2100. The standard InChI is InChI=1S/C38H41F3N4O6S3/c1-37(2,3)19-20-45(54(49,50)26-15-16-27-31(21-26)52-23-42-27)28(22-46)29-17-18-30(53-29)34(38(39,40)41)44-35(47)33(43-36(48)51-4)32(24-11-7-5-8-12-24)25-13-9-6-10-14-25/h5-18,21,23,28,32-34,46H,19-20,22H2,1-4H3,(H,43,48)(H,44,47)/t28-,33+,34-/m1/s1. The quantitative estimate of drug-likeness (QED) is 0.104. The molecule has 3 atom stereocenters. The summed E-state index contributed by atoms with van der Waals surface area (Å²) in [4.78, 5) is 30.6. The van der Waals surface area contributed by atoms with Crippen molar-refractivity contribution < 1.29 is 41.0 Å². The van der Waals surface area contributed by atoms with Crippen molar-refractivity contribution in [3.63, 3.8) is 0 Å². The van der Waals surface area contributed by atoms with Crippen molar-refractivity contribution >= 4 is 54.9 Å². The fraction of sp³-hybridized carbons (Fsp3) is 0.342. The second kappa shape index (κ2) is 17.0. The monoisotopic (exact) mass is 802 g/mol. The average Bonchev–Trinajstić information content (AvgIpc) is 3.81. The van der Waals surface area contributed by atoms with Gasteiger partial charge in [0.05, 0.1) is 40.4 Å². The molecule has 0 spiro atoms. The number of nitrogens with one attached hydrogen (secondary N) is 2. The molecule has 2 aromatic heterocycles. The first kappa shape index (κ1) is 40.8. The van der Waals surface area contributed by atoms with Crippen molar-refractivity contribution in [2.75, 3.05) is 20.3 Å². The fourth-order valence-corrected chi connectivity index (χ4v) is 9.65. The minimum Gasteiger partial charge on any atom is -0.453 e. The molecule has 0 radical (unpaired) electrons. The number of thiophene rings is 1. The molecular formula is C38H41F3N4O6S3. The van der Waals surface area contributed by atoms with Crippen LogP contribution in [-0.2, 0) is 19.6 Å². The van der Waals surface area contributed by atoms with E-state index in [1.165, 1.54) is 29.5 Å². The molecule has 0 unspecified atom stereocenters. The van der Waals surface area contributed by atoms with Gasteiger partial charge in [0.25, 0.3) is 0 Å². The number of hydrogen-bond donors (Lipinski definition) is 3. The number of ether oxygens (including phenoxy) is 1. The molecule has 0 fully saturated rings. The zero-order valence-electron chi connectivity index (χ0n) is 29.9. The number of halogens is 3. The number of rotatable bonds is 14. The lowest BCUT2D eigenvalue weighted by Gasteiger charge is -2.32. The maximum atomic E-state index is 14.9. The Morgan fingerprint density at radius 1 is 0.907 bits per heavy atom. The number of carbonyl (C=O) groups is 2. The number of nitrogens with zero attached hydrogens (tertiary/aromatic N) is 2. The van der Waals surface area contributed by atoms with Crippen LogP contribution in [0.25, 0.3) is 10.2 Å². The number of benzene rings is 3. The predicted octanol–water partition coefficient (Wildman–Crippen LogP) is 7.79. The Balaban J connectivity index is 1.52. The van der Waals surface area contributed by atoms with Gasteiger partial charge in [0, 0.05) is 22.2 Å². The lowest BCUT2D eigenvalue weighted by Crippen LogP contribution is -2.52. The van der Waals surface area contributed by atoms with Crippen LogP contribution in [0, 0.1) is 5.41 Å². The topological polar surface area (TPSA) is 138 Å². The van der Waals surface area contributed by atoms with Crippen molar-refractivity contribution in [1.29, 1.82) is 0 Å². The van der Waals surface area contributed by atoms with Gasteiger partial charge in [-0.15, -0.1) is 22.7 Å². The molecule has 0 saturated heterocycles. The summed E-state index contributed by atoms with van der Waals surface area (Å²) in [6, 6.07) is 18.8. The van der Waals surface area contributed by atoms with E-state index in [0.29, 0.717) is 39.1 Å². The summed E-state index contributed by atoms with van der Waals surface area (Å²) in [5.41, 5.74) is 2.99. The normalized spacial score (nSPS) is 14.2. The number of alkyl carbamates (subject to hydrolysis) is 1. The molecule has 0 bridgehead atoms. The largest absolute Gasteiger partial charge is 0.453 e. The Morgan fingerprint density at radius 3 is 2.07 bits per heavy atom. The number of hydrogen-bond acceptors (Lipinski definition) is 9. The van der Waals surface area contributed by atoms with E-state index in [1.807, 2.05) is 20.8 Å². The van der Waals surface area contributed by atoms with Crippen molar-refractivity contribution in [3.8, 4) is 0 Å². The first-order chi connectivity index (χ1) is 25.5. The Morgan fingerprint density at radius 2 is 1.52 bits per heavy atom. The van der Waals surface area contributed by atoms with E-state index in [4.69, 9.17) is 4.74 Å². The van der Waals surface area contributed by atoms with Gasteiger partial charge in [0.2, 0.25) is 15.9 Å². The molecule has 2 heterocycles. The lowest BCUT2D eigenvalue weighted by atomic mass is 9.84. The number of fused-ring (bicyclic) bond motifs is 1. The highest BCUT2D eigenvalue weighted by atomic mass is 32.2. The van der Waals surface area contributed by atoms with E-state index in [-0.39, 0.29) is 26.6 Å². The minimum absolute atomic E-state index is 0.0360. The maximum Gasteiger partial charge on any atom is 0.413 e. The van der Waals surface area contributed by atoms with Crippen LogP contribution in [0.3, 0.4) is 0 Å². The van der Waals surface area contributed by atoms with Crippen LogP contribution in [0.1, 0.15) is 66.1 Å². The molecule has 3 aromatic carbocycles. The van der Waals surface area contributed by atoms with Crippen molar-refractivity contribution in [2.45, 2.75) is 62.3 Å². The maximum absolute atomic E-state index is 14.9. The van der Waals surface area contributed by atoms with Gasteiger partial charge in [0.15, 0.2) is 6.04 Å². The number of aliphatic hydroxyl groups excluding tert-OH is 1. The summed E-state index contributed by atoms with van der Waals surface area (Å²) in [7, 11) is -3.20. The predicted molar refractivity (Wildman–Crippen MR) is 203 cm³/mol. The Kier molecular flexibility index (Phi) is 12.8. The lowest BCUT2D eigenvalue weighted by molar-refractivity contribution is -0.163. The van der Waals surface area contributed by atoms with Crippen LogP contribution in [0.5, 0.6) is 0 Å². The molecule has 10 nitrogen and oxygen atoms in total. The molecule has 0 aliphatic rings. The third-order valence-electron chi connectivity index (χ3n) is 8.78. The second-order valence-corrected chi connectivity index (χ2v) is 17.7. The van der Waals surface area contributed by atoms with Crippen LogP contribution >= 0.6 is 22.7 Å². The Hall–Kier alpha value is -4.35. The van der Waals surface area contributed by atoms with Crippen LogP contribution in [0.4, 0.5) is 18.0 Å². The number of sulfonamides is 1. The molecule has 0 saturated carbocycles. The number of alkyl halides is 3. The van der Waals surface area contributed by atoms with E-state index < -0.39 is 58.9 Å². The third kappa shape index (κ3) is 9.65. The molecule has 2 amide bonds. The van der Waals surface area contributed by atoms with E-state index >= 15 is 0 Å². The second-order valence-electron chi connectivity index (χ2n) is 13.7. The van der Waals surface area contributed by atoms with Gasteiger partial charge in [0.1, 0.15) is 6.04 Å². The van der Waals surface area contributed by atoms with Crippen LogP contribution in [-0.4, -0.2) is 67.3 Å². The minimum atomic E-state index is -5.01. The number of amides is 2. The van der Waals surface area contributed by atoms with E-state index in [9.17, 15) is 36.3 Å². The van der Waals surface area contributed by atoms with Gasteiger partial charge in [-0.25, -0.2) is 18.2 Å². The summed E-state index contributed by atoms with van der Waals surface area (Å²) in [5.74, 6) is -2.05. The number of thiazole rings is 1. The van der Waals surface area contributed by atoms with Crippen LogP contribution in [0.15, 0.2) is 101 Å². The van der Waals surface area contributed by atoms with E-state index in [1.54, 1.807) is 72.2 Å². The van der Waals surface area contributed by atoms with Gasteiger partial charge in [-0.2, -0.15) is 17.5 Å². The van der Waals surface area contributed by atoms with E-state index in [2.05, 4.69) is 15.6 Å². The molecule has 3 N–H and O–H groups in total. The highest BCUT2D eigenvalue weighted by Gasteiger charge is 2.46. The van der Waals surface area contributed by atoms with Crippen LogP contribution < -0.4 is 10.6 Å². The average molecular weight is 803 g/mol. The molecule has 288 valence electrons. The number of carbonyl (C=O) groups excluding carboxylic acids is 2. The summed E-state index contributed by atoms with van der Waals surface area (Å²) in [5, 5.41) is 15.2. The number of aromatic nitrogens is 1. The Labute approximate surface area is 320 Å². The number of methoxy groups -OCH3 is 1. The van der Waals surface area contributed by atoms with E-state index in [0.717, 1.165) is 17.5 Å². The number of aliphatic hydroxyl groups is 1. The van der Waals surface area contributed by atoms with Gasteiger partial charge >= 0.3 is 12.3 Å². The molecule has 54 heavy (non-hydrogen) atoms. The van der Waals surface area contributed by atoms with Gasteiger partial charge in [-0.05, 0) is 53.3 Å². The molecule has 0 aliphatic heterocycles. The fourth-order valence-electron chi connectivity index (χ4n) is 5.98. The molecule has 5 aromatic rings. The molecular weight excluding hydrogens is 762 g/mol. The zero-order chi connectivity index (χ0) is 39.3. The molecule has 16 heteroatoms. The van der Waals surface area contributed by atoms with Crippen LogP contribution in [0.2, 0.25) is 0 Å². The first-order valence-electron chi connectivity index (χ1n) is 16.9. The van der Waals surface area contributed by atoms with Crippen molar-refractivity contribution in [1.82, 2.24) is 19.9 Å². The summed E-state index contributed by atoms with van der Waals surface area (Å²) in [6.07, 6.45) is -5.66. The highest BCUT2D eigenvalue weighted by Crippen LogP contribution is 2.41.